The van der Waals surface area contributed by atoms with Gasteiger partial charge in [-0.2, -0.15) is 0 Å². The van der Waals surface area contributed by atoms with Gasteiger partial charge >= 0.3 is 0 Å². The van der Waals surface area contributed by atoms with E-state index in [2.05, 4.69) is 16.7 Å². The van der Waals surface area contributed by atoms with Gasteiger partial charge in [0.25, 0.3) is 5.91 Å². The number of nitrogens with one attached hydrogen (secondary N) is 2. The smallest absolute Gasteiger partial charge is 0.254 e. The first-order valence-electron chi connectivity index (χ1n) is 7.05. The summed E-state index contributed by atoms with van der Waals surface area (Å²) in [5.41, 5.74) is 2.28. The van der Waals surface area contributed by atoms with Gasteiger partial charge in [-0.3, -0.25) is 4.79 Å². The third kappa shape index (κ3) is 2.22. The van der Waals surface area contributed by atoms with Crippen molar-refractivity contribution in [3.8, 4) is 0 Å². The molecule has 20 heavy (non-hydrogen) atoms. The van der Waals surface area contributed by atoms with E-state index < -0.39 is 6.10 Å². The second kappa shape index (κ2) is 5.35. The van der Waals surface area contributed by atoms with Crippen molar-refractivity contribution in [3.05, 3.63) is 35.4 Å². The first-order valence-corrected chi connectivity index (χ1v) is 7.05. The Morgan fingerprint density at radius 2 is 2.00 bits per heavy atom. The zero-order valence-corrected chi connectivity index (χ0v) is 12.0. The molecule has 2 heterocycles. The molecule has 0 radical (unpaired) electrons. The largest absolute Gasteiger partial charge is 0.363 e. The van der Waals surface area contributed by atoms with E-state index in [0.29, 0.717) is 24.5 Å². The van der Waals surface area contributed by atoms with Crippen LogP contribution in [0.15, 0.2) is 24.3 Å². The molecule has 3 unspecified atom stereocenters. The average Bonchev–Trinajstić information content (AvgIpc) is 2.88. The van der Waals surface area contributed by atoms with E-state index in [0.717, 1.165) is 25.1 Å². The molecule has 1 aliphatic carbocycles. The number of carbonyl (C=O) groups excluding carboxylic acids is 1. The van der Waals surface area contributed by atoms with Gasteiger partial charge in [0.15, 0.2) is 6.10 Å². The minimum absolute atomic E-state index is 0. The maximum atomic E-state index is 12.4. The van der Waals surface area contributed by atoms with Crippen molar-refractivity contribution in [1.29, 1.82) is 0 Å². The van der Waals surface area contributed by atoms with Crippen molar-refractivity contribution in [2.45, 2.75) is 18.6 Å². The van der Waals surface area contributed by atoms with Crippen LogP contribution < -0.4 is 10.6 Å². The molecule has 2 fully saturated rings. The number of ether oxygens (including phenoxy) is 1. The molecule has 1 aromatic carbocycles. The number of benzene rings is 1. The first-order chi connectivity index (χ1) is 9.34. The molecule has 5 heteroatoms. The molecule has 2 aliphatic heterocycles. The molecule has 1 aromatic rings. The molecule has 1 amide bonds. The van der Waals surface area contributed by atoms with E-state index in [1.54, 1.807) is 0 Å². The Balaban J connectivity index is 0.00000121. The zero-order valence-electron chi connectivity index (χ0n) is 11.2. The number of hydrogen-bond donors (Lipinski definition) is 2. The molecule has 1 saturated heterocycles. The fourth-order valence-corrected chi connectivity index (χ4v) is 3.48. The molecule has 3 atom stereocenters. The summed E-state index contributed by atoms with van der Waals surface area (Å²) in [4.78, 5) is 12.4. The predicted molar refractivity (Wildman–Crippen MR) is 77.9 cm³/mol. The van der Waals surface area contributed by atoms with Crippen LogP contribution in [0, 0.1) is 11.8 Å². The molecular weight excluding hydrogens is 276 g/mol. The molecule has 108 valence electrons. The number of rotatable bonds is 2. The molecular formula is C15H19ClN2O2. The van der Waals surface area contributed by atoms with Crippen LogP contribution in [0.2, 0.25) is 0 Å². The van der Waals surface area contributed by atoms with Crippen LogP contribution in [0.25, 0.3) is 0 Å². The van der Waals surface area contributed by atoms with Crippen LogP contribution in [0.1, 0.15) is 17.2 Å². The van der Waals surface area contributed by atoms with Crippen LogP contribution >= 0.6 is 12.4 Å². The lowest BCUT2D eigenvalue weighted by Crippen LogP contribution is -2.38. The molecule has 0 aromatic heterocycles. The minimum Gasteiger partial charge on any atom is -0.363 e. The van der Waals surface area contributed by atoms with E-state index in [1.165, 1.54) is 5.56 Å². The summed E-state index contributed by atoms with van der Waals surface area (Å²) < 4.78 is 5.69. The summed E-state index contributed by atoms with van der Waals surface area (Å²) in [6.07, 6.45) is 0.484. The van der Waals surface area contributed by atoms with Crippen LogP contribution in [0.5, 0.6) is 0 Å². The van der Waals surface area contributed by atoms with Gasteiger partial charge in [0, 0.05) is 19.1 Å². The highest BCUT2D eigenvalue weighted by Crippen LogP contribution is 2.42. The first kappa shape index (κ1) is 13.9. The number of amides is 1. The van der Waals surface area contributed by atoms with Crippen LogP contribution in [0.3, 0.4) is 0 Å². The lowest BCUT2D eigenvalue weighted by Gasteiger charge is -2.25. The third-order valence-corrected chi connectivity index (χ3v) is 4.63. The molecule has 3 aliphatic rings. The Morgan fingerprint density at radius 1 is 1.25 bits per heavy atom. The number of piperidine rings is 1. The summed E-state index contributed by atoms with van der Waals surface area (Å²) in [7, 11) is 0. The van der Waals surface area contributed by atoms with Gasteiger partial charge in [-0.1, -0.05) is 24.3 Å². The Kier molecular flexibility index (Phi) is 3.71. The van der Waals surface area contributed by atoms with Crippen molar-refractivity contribution in [2.24, 2.45) is 11.8 Å². The van der Waals surface area contributed by atoms with Crippen molar-refractivity contribution in [2.75, 3.05) is 19.7 Å². The maximum Gasteiger partial charge on any atom is 0.254 e. The van der Waals surface area contributed by atoms with Gasteiger partial charge < -0.3 is 15.4 Å². The SMILES string of the molecule is Cl.O=C(NC1C2CNCC21)C1OCCc2ccccc21. The third-order valence-electron chi connectivity index (χ3n) is 4.63. The van der Waals surface area contributed by atoms with Crippen molar-refractivity contribution >= 4 is 18.3 Å². The van der Waals surface area contributed by atoms with Crippen molar-refractivity contribution < 1.29 is 9.53 Å². The summed E-state index contributed by atoms with van der Waals surface area (Å²) in [6, 6.07) is 8.47. The monoisotopic (exact) mass is 294 g/mol. The number of halogens is 1. The summed E-state index contributed by atoms with van der Waals surface area (Å²) >= 11 is 0. The molecule has 4 nitrogen and oxygen atoms in total. The van der Waals surface area contributed by atoms with Crippen molar-refractivity contribution in [1.82, 2.24) is 10.6 Å². The Morgan fingerprint density at radius 3 is 2.80 bits per heavy atom. The second-order valence-electron chi connectivity index (χ2n) is 5.72. The summed E-state index contributed by atoms with van der Waals surface area (Å²) in [5.74, 6) is 1.32. The van der Waals surface area contributed by atoms with Crippen LogP contribution in [-0.4, -0.2) is 31.6 Å². The fourth-order valence-electron chi connectivity index (χ4n) is 3.48. The maximum absolute atomic E-state index is 12.4. The van der Waals surface area contributed by atoms with E-state index in [4.69, 9.17) is 4.74 Å². The highest BCUT2D eigenvalue weighted by atomic mass is 35.5. The Hall–Kier alpha value is -1.10. The van der Waals surface area contributed by atoms with E-state index in [9.17, 15) is 4.79 Å². The van der Waals surface area contributed by atoms with Gasteiger partial charge in [0.2, 0.25) is 0 Å². The van der Waals surface area contributed by atoms with Gasteiger partial charge in [0.1, 0.15) is 0 Å². The predicted octanol–water partition coefficient (Wildman–Crippen LogP) is 1.06. The number of carbonyl (C=O) groups is 1. The minimum atomic E-state index is -0.417. The lowest BCUT2D eigenvalue weighted by atomic mass is 9.97. The fraction of sp³-hybridized carbons (Fsp3) is 0.533. The summed E-state index contributed by atoms with van der Waals surface area (Å²) in [6.45, 7) is 2.71. The standard InChI is InChI=1S/C15H18N2O2.ClH/c18-15(17-13-11-7-16-8-12(11)13)14-10-4-2-1-3-9(10)5-6-19-14;/h1-4,11-14,16H,5-8H2,(H,17,18);1H. The Bertz CT molecular complexity index is 512. The van der Waals surface area contributed by atoms with Gasteiger partial charge in [0.05, 0.1) is 6.61 Å². The molecule has 1 saturated carbocycles. The van der Waals surface area contributed by atoms with Crippen molar-refractivity contribution in [3.63, 3.8) is 0 Å². The topological polar surface area (TPSA) is 50.4 Å². The molecule has 0 spiro atoms. The Labute approximate surface area is 124 Å². The number of hydrogen-bond acceptors (Lipinski definition) is 3. The highest BCUT2D eigenvalue weighted by Gasteiger charge is 2.54. The lowest BCUT2D eigenvalue weighted by molar-refractivity contribution is -0.134. The van der Waals surface area contributed by atoms with Gasteiger partial charge in [-0.25, -0.2) is 0 Å². The molecule has 2 N–H and O–H groups in total. The highest BCUT2D eigenvalue weighted by molar-refractivity contribution is 5.85. The quantitative estimate of drug-likeness (QED) is 0.857. The van der Waals surface area contributed by atoms with E-state index in [-0.39, 0.29) is 18.3 Å². The van der Waals surface area contributed by atoms with Gasteiger partial charge in [-0.05, 0) is 29.4 Å². The van der Waals surface area contributed by atoms with Crippen LogP contribution in [-0.2, 0) is 16.0 Å². The van der Waals surface area contributed by atoms with Crippen LogP contribution in [0.4, 0.5) is 0 Å². The zero-order chi connectivity index (χ0) is 12.8. The van der Waals surface area contributed by atoms with E-state index in [1.807, 2.05) is 18.2 Å². The normalized spacial score (nSPS) is 33.6. The molecule has 0 bridgehead atoms. The van der Waals surface area contributed by atoms with Gasteiger partial charge in [-0.15, -0.1) is 12.4 Å². The number of fused-ring (bicyclic) bond motifs is 2. The average molecular weight is 295 g/mol. The second-order valence-corrected chi connectivity index (χ2v) is 5.72. The molecule has 4 rings (SSSR count). The van der Waals surface area contributed by atoms with E-state index >= 15 is 0 Å². The summed E-state index contributed by atoms with van der Waals surface area (Å²) in [5, 5.41) is 6.50.